The van der Waals surface area contributed by atoms with E-state index in [1.54, 1.807) is 0 Å². The Bertz CT molecular complexity index is 187. The van der Waals surface area contributed by atoms with Gasteiger partial charge in [-0.1, -0.05) is 34.8 Å². The van der Waals surface area contributed by atoms with Crippen LogP contribution in [-0.4, -0.2) is 20.2 Å². The molecule has 13 heavy (non-hydrogen) atoms. The van der Waals surface area contributed by atoms with Gasteiger partial charge < -0.3 is 9.79 Å². The summed E-state index contributed by atoms with van der Waals surface area (Å²) in [7, 11) is -4.35. The molecule has 0 fully saturated rings. The third-order valence-corrected chi connectivity index (χ3v) is 2.20. The molecule has 0 aliphatic heterocycles. The predicted octanol–water partition coefficient (Wildman–Crippen LogP) is 2.64. The fourth-order valence-electron chi connectivity index (χ4n) is 0.611. The number of alkyl halides is 3. The predicted molar refractivity (Wildman–Crippen MR) is 52.1 cm³/mol. The molecule has 8 heteroatoms. The van der Waals surface area contributed by atoms with E-state index in [0.29, 0.717) is 19.3 Å². The molecule has 0 amide bonds. The molecular weight excluding hydrogens is 261 g/mol. The van der Waals surface area contributed by atoms with Crippen molar-refractivity contribution in [2.24, 2.45) is 0 Å². The maximum absolute atomic E-state index is 10.2. The number of unbranched alkanes of at least 4 members (excludes halogenated alkanes) is 1. The van der Waals surface area contributed by atoms with Crippen LogP contribution < -0.4 is 0 Å². The number of hydrogen-bond donors (Lipinski definition) is 2. The number of hydrogen-bond acceptors (Lipinski definition) is 2. The zero-order chi connectivity index (χ0) is 10.5. The van der Waals surface area contributed by atoms with E-state index in [4.69, 9.17) is 44.6 Å². The van der Waals surface area contributed by atoms with Crippen LogP contribution in [0.2, 0.25) is 0 Å². The normalized spacial score (nSPS) is 13.3. The minimum Gasteiger partial charge on any atom is -0.303 e. The van der Waals surface area contributed by atoms with Crippen molar-refractivity contribution >= 4 is 42.6 Å². The van der Waals surface area contributed by atoms with Crippen molar-refractivity contribution < 1.29 is 18.9 Å². The van der Waals surface area contributed by atoms with E-state index in [1.165, 1.54) is 0 Å². The number of halogens is 3. The van der Waals surface area contributed by atoms with Gasteiger partial charge in [0.1, 0.15) is 0 Å². The quantitative estimate of drug-likeness (QED) is 0.458. The molecule has 0 rings (SSSR count). The lowest BCUT2D eigenvalue weighted by molar-refractivity contribution is 0.193. The molecule has 0 aromatic heterocycles. The Morgan fingerprint density at radius 2 is 1.77 bits per heavy atom. The van der Waals surface area contributed by atoms with Gasteiger partial charge in [-0.2, -0.15) is 0 Å². The molecule has 0 heterocycles. The van der Waals surface area contributed by atoms with Crippen molar-refractivity contribution in [1.29, 1.82) is 0 Å². The zero-order valence-corrected chi connectivity index (χ0v) is 9.78. The summed E-state index contributed by atoms with van der Waals surface area (Å²) >= 11 is 16.3. The monoisotopic (exact) mass is 270 g/mol. The van der Waals surface area contributed by atoms with Gasteiger partial charge in [-0.25, -0.2) is 4.57 Å². The molecule has 80 valence electrons. The Morgan fingerprint density at radius 1 is 1.23 bits per heavy atom. The first-order chi connectivity index (χ1) is 5.71. The molecule has 0 aromatic rings. The topological polar surface area (TPSA) is 66.8 Å². The van der Waals surface area contributed by atoms with Crippen LogP contribution in [0.25, 0.3) is 0 Å². The van der Waals surface area contributed by atoms with Gasteiger partial charge in [0.05, 0.1) is 6.61 Å². The van der Waals surface area contributed by atoms with Crippen LogP contribution in [0.3, 0.4) is 0 Å². The third-order valence-electron chi connectivity index (χ3n) is 1.11. The number of phosphoric acid groups is 1. The highest BCUT2D eigenvalue weighted by molar-refractivity contribution is 7.46. The fraction of sp³-hybridized carbons (Fsp3) is 1.00. The standard InChI is InChI=1S/C5H10Cl3O4P/c6-5(7,8)3-1-2-4-12-13(9,10)11/h1-4H2,(H2,9,10,11). The molecule has 4 nitrogen and oxygen atoms in total. The molecule has 0 aliphatic carbocycles. The third kappa shape index (κ3) is 13.0. The lowest BCUT2D eigenvalue weighted by Gasteiger charge is -2.09. The highest BCUT2D eigenvalue weighted by Crippen LogP contribution is 2.36. The lowest BCUT2D eigenvalue weighted by atomic mass is 10.3. The van der Waals surface area contributed by atoms with Gasteiger partial charge in [0.15, 0.2) is 3.79 Å². The molecule has 0 saturated carbocycles. The van der Waals surface area contributed by atoms with Crippen LogP contribution in [-0.2, 0) is 9.09 Å². The van der Waals surface area contributed by atoms with Crippen molar-refractivity contribution in [2.75, 3.05) is 6.61 Å². The Kier molecular flexibility index (Phi) is 6.20. The Balaban J connectivity index is 3.33. The summed E-state index contributed by atoms with van der Waals surface area (Å²) in [4.78, 5) is 16.6. The summed E-state index contributed by atoms with van der Waals surface area (Å²) in [5.74, 6) is 0. The van der Waals surface area contributed by atoms with Crippen LogP contribution in [0, 0.1) is 0 Å². The summed E-state index contributed by atoms with van der Waals surface area (Å²) in [5, 5.41) is 0. The van der Waals surface area contributed by atoms with Gasteiger partial charge in [0.25, 0.3) is 0 Å². The molecule has 0 atom stereocenters. The molecule has 0 saturated heterocycles. The van der Waals surface area contributed by atoms with E-state index in [2.05, 4.69) is 4.52 Å². The zero-order valence-electron chi connectivity index (χ0n) is 6.62. The van der Waals surface area contributed by atoms with Gasteiger partial charge >= 0.3 is 7.82 Å². The molecule has 0 spiro atoms. The maximum Gasteiger partial charge on any atom is 0.469 e. The van der Waals surface area contributed by atoms with Gasteiger partial charge in [0.2, 0.25) is 0 Å². The second kappa shape index (κ2) is 5.76. The van der Waals surface area contributed by atoms with Crippen LogP contribution in [0.15, 0.2) is 0 Å². The fourth-order valence-corrected chi connectivity index (χ4v) is 1.38. The van der Waals surface area contributed by atoms with E-state index < -0.39 is 11.6 Å². The average Bonchev–Trinajstić information content (AvgIpc) is 1.81. The van der Waals surface area contributed by atoms with Gasteiger partial charge in [-0.3, -0.25) is 4.52 Å². The maximum atomic E-state index is 10.2. The molecule has 0 aromatic carbocycles. The van der Waals surface area contributed by atoms with Crippen LogP contribution in [0.4, 0.5) is 0 Å². The Labute approximate surface area is 91.4 Å². The van der Waals surface area contributed by atoms with Crippen molar-refractivity contribution in [2.45, 2.75) is 23.1 Å². The first-order valence-electron chi connectivity index (χ1n) is 3.47. The van der Waals surface area contributed by atoms with Crippen molar-refractivity contribution in [1.82, 2.24) is 0 Å². The van der Waals surface area contributed by atoms with Crippen LogP contribution in [0.1, 0.15) is 19.3 Å². The van der Waals surface area contributed by atoms with Gasteiger partial charge in [-0.05, 0) is 19.3 Å². The minimum absolute atomic E-state index is 0.0367. The van der Waals surface area contributed by atoms with Gasteiger partial charge in [-0.15, -0.1) is 0 Å². The van der Waals surface area contributed by atoms with Crippen LogP contribution in [0.5, 0.6) is 0 Å². The lowest BCUT2D eigenvalue weighted by Crippen LogP contribution is -2.02. The molecule has 0 unspecified atom stereocenters. The smallest absolute Gasteiger partial charge is 0.303 e. The summed E-state index contributed by atoms with van der Waals surface area (Å²) in [6.07, 6.45) is 1.32. The molecule has 0 bridgehead atoms. The van der Waals surface area contributed by atoms with E-state index in [-0.39, 0.29) is 6.61 Å². The second-order valence-corrected chi connectivity index (χ2v) is 6.15. The van der Waals surface area contributed by atoms with E-state index in [1.807, 2.05) is 0 Å². The van der Waals surface area contributed by atoms with E-state index >= 15 is 0 Å². The van der Waals surface area contributed by atoms with Crippen molar-refractivity contribution in [3.8, 4) is 0 Å². The molecule has 2 N–H and O–H groups in total. The highest BCUT2D eigenvalue weighted by Gasteiger charge is 2.19. The largest absolute Gasteiger partial charge is 0.469 e. The highest BCUT2D eigenvalue weighted by atomic mass is 35.6. The number of rotatable bonds is 5. The van der Waals surface area contributed by atoms with Crippen molar-refractivity contribution in [3.63, 3.8) is 0 Å². The summed E-state index contributed by atoms with van der Waals surface area (Å²) in [6.45, 7) is -0.0367. The summed E-state index contributed by atoms with van der Waals surface area (Å²) in [5.41, 5.74) is 0. The van der Waals surface area contributed by atoms with E-state index in [9.17, 15) is 4.57 Å². The SMILES string of the molecule is O=P(O)(O)OCCCCC(Cl)(Cl)Cl. The van der Waals surface area contributed by atoms with E-state index in [0.717, 1.165) is 0 Å². The number of phosphoric ester groups is 1. The molecule has 0 aliphatic rings. The Morgan fingerprint density at radius 3 is 2.15 bits per heavy atom. The average molecular weight is 271 g/mol. The van der Waals surface area contributed by atoms with Crippen molar-refractivity contribution in [3.05, 3.63) is 0 Å². The summed E-state index contributed by atoms with van der Waals surface area (Å²) in [6, 6.07) is 0. The minimum atomic E-state index is -4.35. The first kappa shape index (κ1) is 14.0. The van der Waals surface area contributed by atoms with Gasteiger partial charge in [0, 0.05) is 0 Å². The summed E-state index contributed by atoms with van der Waals surface area (Å²) < 4.78 is 13.1. The first-order valence-corrected chi connectivity index (χ1v) is 6.14. The second-order valence-electron chi connectivity index (χ2n) is 2.40. The Hall–Kier alpha value is 0.980. The van der Waals surface area contributed by atoms with Crippen LogP contribution >= 0.6 is 42.6 Å². The molecular formula is C5H10Cl3O4P. The molecule has 0 radical (unpaired) electrons.